The molecule has 198 valence electrons. The van der Waals surface area contributed by atoms with Crippen molar-refractivity contribution in [3.05, 3.63) is 0 Å². The van der Waals surface area contributed by atoms with E-state index in [4.69, 9.17) is 9.22 Å². The average molecular weight is 564 g/mol. The first kappa shape index (κ1) is 40.5. The fourth-order valence-electron chi connectivity index (χ4n) is 3.08. The molecule has 0 radical (unpaired) electrons. The Morgan fingerprint density at radius 1 is 0.667 bits per heavy atom. The molecule has 3 N–H and O–H groups in total. The van der Waals surface area contributed by atoms with Gasteiger partial charge in [-0.3, -0.25) is 4.79 Å². The first-order chi connectivity index (χ1) is 14.6. The van der Waals surface area contributed by atoms with Crippen LogP contribution in [0.15, 0.2) is 0 Å². The molecule has 10 heteroatoms. The zero-order valence-corrected chi connectivity index (χ0v) is 26.5. The second-order valence-corrected chi connectivity index (χ2v) is 13.6. The van der Waals surface area contributed by atoms with Crippen LogP contribution in [0, 0.1) is 0 Å². The zero-order chi connectivity index (χ0) is 24.0. The quantitative estimate of drug-likeness (QED) is 0.116. The van der Waals surface area contributed by atoms with Gasteiger partial charge in [0.25, 0.3) is 0 Å². The van der Waals surface area contributed by atoms with Gasteiger partial charge in [0.15, 0.2) is 0 Å². The Hall–Kier alpha value is 0.327. The molecule has 0 saturated heterocycles. The first-order valence-electron chi connectivity index (χ1n) is 12.1. The van der Waals surface area contributed by atoms with Crippen LogP contribution in [0.4, 0.5) is 0 Å². The number of carboxylic acids is 1. The molecule has 0 aromatic heterocycles. The smallest absolute Gasteiger partial charge is 0.481 e. The maximum atomic E-state index is 10.3. The largest absolute Gasteiger partial charge is 0.487 e. The summed E-state index contributed by atoms with van der Waals surface area (Å²) in [5, 5.41) is 8.52. The van der Waals surface area contributed by atoms with Crippen LogP contribution in [-0.4, -0.2) is 52.5 Å². The monoisotopic (exact) mass is 562 g/mol. The molecule has 2 unspecified atom stereocenters. The normalized spacial score (nSPS) is 14.0. The molecular formula is C23H54O7Si2Zn. The summed E-state index contributed by atoms with van der Waals surface area (Å²) >= 11 is 0. The second kappa shape index (κ2) is 26.9. The van der Waals surface area contributed by atoms with Gasteiger partial charge in [-0.2, -0.15) is 0 Å². The number of carbonyl (C=O) groups is 1. The number of carboxylic acid groups (broad SMARTS) is 1. The van der Waals surface area contributed by atoms with Crippen molar-refractivity contribution in [3.8, 4) is 0 Å². The molecule has 0 fully saturated rings. The molecule has 0 saturated carbocycles. The molecule has 0 heterocycles. The van der Waals surface area contributed by atoms with Crippen LogP contribution in [0.3, 0.4) is 0 Å². The van der Waals surface area contributed by atoms with Crippen LogP contribution in [0.5, 0.6) is 0 Å². The minimum Gasteiger partial charge on any atom is -0.481 e. The van der Waals surface area contributed by atoms with E-state index >= 15 is 0 Å². The predicted octanol–water partition coefficient (Wildman–Crippen LogP) is 6.38. The van der Waals surface area contributed by atoms with Gasteiger partial charge in [0.1, 0.15) is 0 Å². The SMILES string of the molecule is C.CCCCCCCCCCCCCCCCCC(=O)O.CO[Si](C)(O)O[Si](C)(O)OC.[Zn]. The Morgan fingerprint density at radius 2 is 0.939 bits per heavy atom. The van der Waals surface area contributed by atoms with Crippen molar-refractivity contribution in [2.45, 2.75) is 130 Å². The van der Waals surface area contributed by atoms with Crippen LogP contribution in [-0.2, 0) is 37.2 Å². The maximum Gasteiger partial charge on any atom is 0.487 e. The molecule has 0 rings (SSSR count). The Bertz CT molecular complexity index is 400. The van der Waals surface area contributed by atoms with Crippen LogP contribution in [0.2, 0.25) is 13.1 Å². The molecule has 2 atom stereocenters. The summed E-state index contributed by atoms with van der Waals surface area (Å²) in [6.45, 7) is 5.09. The van der Waals surface area contributed by atoms with E-state index in [2.05, 4.69) is 15.8 Å². The third kappa shape index (κ3) is 34.6. The van der Waals surface area contributed by atoms with Crippen LogP contribution in [0.25, 0.3) is 0 Å². The maximum absolute atomic E-state index is 10.3. The molecule has 0 amide bonds. The standard InChI is InChI=1S/C18H36O2.C4H14O5Si2.CH4.Zn/c1-2-3-4-5-6-7-8-9-10-11-12-13-14-15-16-17-18(19)20;1-7-10(3,5)9-11(4,6)8-2;;/h2-17H2,1H3,(H,19,20);5-6H,1-4H3;1H4;. The van der Waals surface area contributed by atoms with E-state index in [0.29, 0.717) is 6.42 Å². The molecule has 0 aliphatic rings. The Balaban J connectivity index is -0.000000278. The Kier molecular flexibility index (Phi) is 33.0. The third-order valence-corrected chi connectivity index (χ3v) is 9.68. The van der Waals surface area contributed by atoms with E-state index in [-0.39, 0.29) is 26.9 Å². The minimum absolute atomic E-state index is 0. The van der Waals surface area contributed by atoms with Crippen molar-refractivity contribution in [2.75, 3.05) is 14.2 Å². The van der Waals surface area contributed by atoms with E-state index < -0.39 is 23.6 Å². The van der Waals surface area contributed by atoms with Gasteiger partial charge in [0, 0.05) is 53.2 Å². The van der Waals surface area contributed by atoms with Gasteiger partial charge in [-0.25, -0.2) is 0 Å². The second-order valence-electron chi connectivity index (χ2n) is 8.40. The van der Waals surface area contributed by atoms with Crippen LogP contribution >= 0.6 is 0 Å². The molecule has 0 aliphatic carbocycles. The van der Waals surface area contributed by atoms with E-state index in [1.165, 1.54) is 111 Å². The van der Waals surface area contributed by atoms with Gasteiger partial charge in [0.2, 0.25) is 0 Å². The summed E-state index contributed by atoms with van der Waals surface area (Å²) in [6, 6.07) is 0. The van der Waals surface area contributed by atoms with E-state index in [1.807, 2.05) is 0 Å². The number of hydrogen-bond donors (Lipinski definition) is 3. The number of hydrogen-bond acceptors (Lipinski definition) is 6. The number of aliphatic carboxylic acids is 1. The van der Waals surface area contributed by atoms with Crippen molar-refractivity contribution in [2.24, 2.45) is 0 Å². The van der Waals surface area contributed by atoms with Crippen molar-refractivity contribution >= 4 is 23.6 Å². The van der Waals surface area contributed by atoms with Gasteiger partial charge in [0.05, 0.1) is 0 Å². The van der Waals surface area contributed by atoms with E-state index in [1.54, 1.807) is 0 Å². The van der Waals surface area contributed by atoms with Gasteiger partial charge in [-0.1, -0.05) is 104 Å². The molecule has 7 nitrogen and oxygen atoms in total. The van der Waals surface area contributed by atoms with Crippen molar-refractivity contribution in [1.82, 2.24) is 0 Å². The molecule has 33 heavy (non-hydrogen) atoms. The van der Waals surface area contributed by atoms with E-state index in [9.17, 15) is 14.4 Å². The first-order valence-corrected chi connectivity index (χ1v) is 16.6. The zero-order valence-electron chi connectivity index (χ0n) is 21.5. The Morgan fingerprint density at radius 3 is 1.18 bits per heavy atom. The van der Waals surface area contributed by atoms with Gasteiger partial charge in [-0.15, -0.1) is 0 Å². The molecule has 0 aliphatic heterocycles. The molecule has 0 bridgehead atoms. The van der Waals surface area contributed by atoms with Crippen molar-refractivity contribution < 1.29 is 51.9 Å². The predicted molar refractivity (Wildman–Crippen MR) is 137 cm³/mol. The van der Waals surface area contributed by atoms with Crippen LogP contribution in [0.1, 0.15) is 117 Å². The van der Waals surface area contributed by atoms with Crippen molar-refractivity contribution in [3.63, 3.8) is 0 Å². The van der Waals surface area contributed by atoms with Gasteiger partial charge >= 0.3 is 23.6 Å². The van der Waals surface area contributed by atoms with E-state index in [0.717, 1.165) is 12.8 Å². The molecule has 0 spiro atoms. The third-order valence-electron chi connectivity index (χ3n) is 5.13. The van der Waals surface area contributed by atoms with Crippen molar-refractivity contribution in [1.29, 1.82) is 0 Å². The minimum atomic E-state index is -3.15. The molecule has 0 aromatic carbocycles. The topological polar surface area (TPSA) is 105 Å². The number of unbranched alkanes of at least 4 members (excludes halogenated alkanes) is 14. The van der Waals surface area contributed by atoms with Gasteiger partial charge < -0.3 is 27.7 Å². The summed E-state index contributed by atoms with van der Waals surface area (Å²) in [7, 11) is -3.64. The average Bonchev–Trinajstić information content (AvgIpc) is 2.70. The summed E-state index contributed by atoms with van der Waals surface area (Å²) in [5.74, 6) is -0.653. The Labute approximate surface area is 219 Å². The van der Waals surface area contributed by atoms with Gasteiger partial charge in [-0.05, 0) is 6.42 Å². The molecule has 0 aromatic rings. The summed E-state index contributed by atoms with van der Waals surface area (Å²) in [6.07, 6.45) is 20.2. The van der Waals surface area contributed by atoms with Crippen LogP contribution < -0.4 is 0 Å². The fourth-order valence-corrected chi connectivity index (χ4v) is 6.56. The fraction of sp³-hybridized carbons (Fsp3) is 0.957. The number of rotatable bonds is 20. The molecular weight excluding hydrogens is 510 g/mol. The summed E-state index contributed by atoms with van der Waals surface area (Å²) in [5.41, 5.74) is 0. The summed E-state index contributed by atoms with van der Waals surface area (Å²) in [4.78, 5) is 28.9. The summed E-state index contributed by atoms with van der Waals surface area (Å²) < 4.78 is 14.2.